The van der Waals surface area contributed by atoms with Crippen LogP contribution in [0, 0.1) is 13.8 Å². The monoisotopic (exact) mass is 479 g/mol. The maximum Gasteiger partial charge on any atom is 0.433 e. The van der Waals surface area contributed by atoms with Gasteiger partial charge in [-0.05, 0) is 63.8 Å². The summed E-state index contributed by atoms with van der Waals surface area (Å²) in [5.41, 5.74) is 1.75. The highest BCUT2D eigenvalue weighted by atomic mass is 35.5. The number of fused-ring (bicyclic) bond motifs is 1. The highest BCUT2D eigenvalue weighted by Gasteiger charge is 2.34. The van der Waals surface area contributed by atoms with Gasteiger partial charge in [0.05, 0.1) is 16.8 Å². The lowest BCUT2D eigenvalue weighted by atomic mass is 9.90. The third kappa shape index (κ3) is 4.93. The predicted octanol–water partition coefficient (Wildman–Crippen LogP) is 5.41. The van der Waals surface area contributed by atoms with Crippen LogP contribution in [-0.4, -0.2) is 32.8 Å². The van der Waals surface area contributed by atoms with Gasteiger partial charge in [-0.3, -0.25) is 9.48 Å². The number of nitrogens with one attached hydrogen (secondary N) is 2. The van der Waals surface area contributed by atoms with E-state index in [1.807, 2.05) is 13.8 Å². The fraction of sp³-hybridized carbons (Fsp3) is 0.435. The first-order valence-corrected chi connectivity index (χ1v) is 11.2. The molecule has 0 spiro atoms. The number of nitrogens with zero attached hydrogens (tertiary/aromatic N) is 3. The molecule has 3 aromatic rings. The number of anilines is 1. The van der Waals surface area contributed by atoms with Crippen LogP contribution in [-0.2, 0) is 13.2 Å². The lowest BCUT2D eigenvalue weighted by Crippen LogP contribution is -2.40. The van der Waals surface area contributed by atoms with Gasteiger partial charge < -0.3 is 10.6 Å². The minimum atomic E-state index is -4.55. The minimum absolute atomic E-state index is 0.00363. The normalized spacial score (nSPS) is 19.0. The molecule has 10 heteroatoms. The standard InChI is InChI=1S/C23H25ClF3N5O/c1-12-21(13(2)32(3)31-12)22(33)29-16-7-5-15(6-8-16)28-19-11-20(23(25,26)27)30-18-9-4-14(24)10-17(18)19/h4,9-11,15-16H,5-8H2,1-3H3,(H,28,30)(H,29,33)/t15-,16+. The Balaban J connectivity index is 1.46. The second-order valence-corrected chi connectivity index (χ2v) is 8.99. The van der Waals surface area contributed by atoms with Gasteiger partial charge in [-0.2, -0.15) is 18.3 Å². The van der Waals surface area contributed by atoms with Crippen molar-refractivity contribution in [1.82, 2.24) is 20.1 Å². The Morgan fingerprint density at radius 3 is 2.39 bits per heavy atom. The van der Waals surface area contributed by atoms with Crippen molar-refractivity contribution in [3.63, 3.8) is 0 Å². The molecule has 0 bridgehead atoms. The fourth-order valence-electron chi connectivity index (χ4n) is 4.42. The summed E-state index contributed by atoms with van der Waals surface area (Å²) in [6.07, 6.45) is -1.69. The number of hydrogen-bond acceptors (Lipinski definition) is 4. The third-order valence-electron chi connectivity index (χ3n) is 6.22. The molecule has 4 rings (SSSR count). The molecule has 1 aromatic carbocycles. The fourth-order valence-corrected chi connectivity index (χ4v) is 4.60. The Bertz CT molecular complexity index is 1200. The van der Waals surface area contributed by atoms with Gasteiger partial charge in [-0.1, -0.05) is 11.6 Å². The van der Waals surface area contributed by atoms with Crippen molar-refractivity contribution in [2.45, 2.75) is 57.8 Å². The van der Waals surface area contributed by atoms with E-state index in [-0.39, 0.29) is 23.5 Å². The van der Waals surface area contributed by atoms with E-state index >= 15 is 0 Å². The van der Waals surface area contributed by atoms with E-state index in [0.717, 1.165) is 24.6 Å². The molecule has 1 saturated carbocycles. The molecule has 0 atom stereocenters. The Morgan fingerprint density at radius 2 is 1.79 bits per heavy atom. The molecule has 0 radical (unpaired) electrons. The van der Waals surface area contributed by atoms with E-state index in [4.69, 9.17) is 11.6 Å². The van der Waals surface area contributed by atoms with Crippen LogP contribution >= 0.6 is 11.6 Å². The summed E-state index contributed by atoms with van der Waals surface area (Å²) in [6.45, 7) is 3.67. The molecule has 1 fully saturated rings. The molecule has 0 unspecified atom stereocenters. The van der Waals surface area contributed by atoms with Crippen LogP contribution in [0.3, 0.4) is 0 Å². The number of benzene rings is 1. The average Bonchev–Trinajstić information content (AvgIpc) is 3.00. The van der Waals surface area contributed by atoms with Crippen LogP contribution in [0.25, 0.3) is 10.9 Å². The number of carbonyl (C=O) groups excluding carboxylic acids is 1. The van der Waals surface area contributed by atoms with E-state index in [2.05, 4.69) is 20.7 Å². The van der Waals surface area contributed by atoms with Crippen LogP contribution in [0.2, 0.25) is 5.02 Å². The zero-order valence-corrected chi connectivity index (χ0v) is 19.3. The molecule has 1 aliphatic carbocycles. The highest BCUT2D eigenvalue weighted by Crippen LogP contribution is 2.35. The van der Waals surface area contributed by atoms with E-state index in [1.165, 1.54) is 12.1 Å². The molecule has 0 saturated heterocycles. The van der Waals surface area contributed by atoms with E-state index < -0.39 is 11.9 Å². The summed E-state index contributed by atoms with van der Waals surface area (Å²) in [7, 11) is 1.80. The minimum Gasteiger partial charge on any atom is -0.382 e. The van der Waals surface area contributed by atoms with E-state index in [1.54, 1.807) is 17.8 Å². The van der Waals surface area contributed by atoms with Crippen LogP contribution in [0.15, 0.2) is 24.3 Å². The molecule has 2 N–H and O–H groups in total. The number of pyridine rings is 1. The largest absolute Gasteiger partial charge is 0.433 e. The van der Waals surface area contributed by atoms with Gasteiger partial charge in [0.2, 0.25) is 0 Å². The Kier molecular flexibility index (Phi) is 6.26. The number of rotatable bonds is 4. The molecule has 1 aliphatic rings. The van der Waals surface area contributed by atoms with Crippen molar-refractivity contribution in [1.29, 1.82) is 0 Å². The lowest BCUT2D eigenvalue weighted by Gasteiger charge is -2.30. The molecule has 6 nitrogen and oxygen atoms in total. The molecular weight excluding hydrogens is 455 g/mol. The number of aryl methyl sites for hydroxylation is 2. The number of aromatic nitrogens is 3. The van der Waals surface area contributed by atoms with Crippen molar-refractivity contribution in [3.8, 4) is 0 Å². The molecule has 0 aliphatic heterocycles. The van der Waals surface area contributed by atoms with Crippen molar-refractivity contribution < 1.29 is 18.0 Å². The number of amides is 1. The first-order valence-electron chi connectivity index (χ1n) is 10.8. The van der Waals surface area contributed by atoms with Gasteiger partial charge in [0, 0.05) is 40.9 Å². The zero-order valence-electron chi connectivity index (χ0n) is 18.6. The van der Waals surface area contributed by atoms with E-state index in [9.17, 15) is 18.0 Å². The number of carbonyl (C=O) groups is 1. The van der Waals surface area contributed by atoms with E-state index in [0.29, 0.717) is 40.2 Å². The molecule has 2 aromatic heterocycles. The van der Waals surface area contributed by atoms with Crippen molar-refractivity contribution in [3.05, 3.63) is 51.9 Å². The van der Waals surface area contributed by atoms with Gasteiger partial charge >= 0.3 is 6.18 Å². The van der Waals surface area contributed by atoms with Crippen molar-refractivity contribution in [2.75, 3.05) is 5.32 Å². The molecule has 2 heterocycles. The number of halogens is 4. The average molecular weight is 480 g/mol. The quantitative estimate of drug-likeness (QED) is 0.525. The topological polar surface area (TPSA) is 71.8 Å². The van der Waals surface area contributed by atoms with Gasteiger partial charge in [-0.15, -0.1) is 0 Å². The molecule has 176 valence electrons. The van der Waals surface area contributed by atoms with Crippen LogP contribution in [0.5, 0.6) is 0 Å². The molecule has 33 heavy (non-hydrogen) atoms. The van der Waals surface area contributed by atoms with Crippen molar-refractivity contribution >= 4 is 34.1 Å². The second-order valence-electron chi connectivity index (χ2n) is 8.55. The van der Waals surface area contributed by atoms with Crippen molar-refractivity contribution in [2.24, 2.45) is 7.05 Å². The Hall–Kier alpha value is -2.81. The number of hydrogen-bond donors (Lipinski definition) is 2. The first kappa shape index (κ1) is 23.4. The molecule has 1 amide bonds. The Labute approximate surface area is 194 Å². The van der Waals surface area contributed by atoms with Crippen LogP contribution < -0.4 is 10.6 Å². The van der Waals surface area contributed by atoms with Gasteiger partial charge in [0.25, 0.3) is 5.91 Å². The van der Waals surface area contributed by atoms with Crippen LogP contribution in [0.1, 0.15) is 53.1 Å². The SMILES string of the molecule is Cc1nn(C)c(C)c1C(=O)N[C@H]1CC[C@@H](Nc2cc(C(F)(F)F)nc3ccc(Cl)cc23)CC1. The first-order chi connectivity index (χ1) is 15.5. The lowest BCUT2D eigenvalue weighted by molar-refractivity contribution is -0.140. The highest BCUT2D eigenvalue weighted by molar-refractivity contribution is 6.31. The summed E-state index contributed by atoms with van der Waals surface area (Å²) < 4.78 is 41.8. The molecular formula is C23H25ClF3N5O. The zero-order chi connectivity index (χ0) is 23.9. The summed E-state index contributed by atoms with van der Waals surface area (Å²) >= 11 is 6.08. The van der Waals surface area contributed by atoms with Gasteiger partial charge in [-0.25, -0.2) is 4.98 Å². The summed E-state index contributed by atoms with van der Waals surface area (Å²) in [5.74, 6) is -0.140. The maximum absolute atomic E-state index is 13.4. The summed E-state index contributed by atoms with van der Waals surface area (Å²) in [6, 6.07) is 5.67. The summed E-state index contributed by atoms with van der Waals surface area (Å²) in [4.78, 5) is 16.5. The predicted molar refractivity (Wildman–Crippen MR) is 122 cm³/mol. The second kappa shape index (κ2) is 8.85. The third-order valence-corrected chi connectivity index (χ3v) is 6.45. The smallest absolute Gasteiger partial charge is 0.382 e. The van der Waals surface area contributed by atoms with Gasteiger partial charge in [0.15, 0.2) is 0 Å². The number of alkyl halides is 3. The van der Waals surface area contributed by atoms with Gasteiger partial charge in [0.1, 0.15) is 5.69 Å². The summed E-state index contributed by atoms with van der Waals surface area (Å²) in [5, 5.41) is 11.6. The van der Waals surface area contributed by atoms with Crippen LogP contribution in [0.4, 0.5) is 18.9 Å². The maximum atomic E-state index is 13.4. The Morgan fingerprint density at radius 1 is 1.12 bits per heavy atom.